The van der Waals surface area contributed by atoms with Crippen LogP contribution in [0.1, 0.15) is 19.3 Å². The number of hydrogen-bond acceptors (Lipinski definition) is 4. The maximum Gasteiger partial charge on any atom is 0.320 e. The van der Waals surface area contributed by atoms with Crippen LogP contribution in [0.5, 0.6) is 0 Å². The average molecular weight is 176 g/mol. The Morgan fingerprint density at radius 3 is 2.73 bits per heavy atom. The van der Waals surface area contributed by atoms with E-state index in [1.165, 1.54) is 0 Å². The van der Waals surface area contributed by atoms with Crippen LogP contribution in [-0.2, 0) is 17.2 Å². The van der Waals surface area contributed by atoms with Crippen molar-refractivity contribution in [1.82, 2.24) is 0 Å². The number of unbranched alkanes of at least 4 members (excludes halogenated alkanes) is 1. The molecule has 0 aliphatic carbocycles. The van der Waals surface area contributed by atoms with E-state index in [1.54, 1.807) is 0 Å². The summed E-state index contributed by atoms with van der Waals surface area (Å²) in [5.41, 5.74) is 5.24. The molecule has 1 atom stereocenters. The van der Waals surface area contributed by atoms with Gasteiger partial charge in [0.1, 0.15) is 6.04 Å². The van der Waals surface area contributed by atoms with Crippen molar-refractivity contribution in [2.24, 2.45) is 10.1 Å². The minimum Gasteiger partial charge on any atom is -0.480 e. The number of rotatable bonds is 6. The topological polar surface area (TPSA) is 75.7 Å². The van der Waals surface area contributed by atoms with E-state index in [9.17, 15) is 4.79 Å². The molecule has 0 amide bonds. The molecule has 11 heavy (non-hydrogen) atoms. The van der Waals surface area contributed by atoms with E-state index in [1.807, 2.05) is 0 Å². The second kappa shape index (κ2) is 6.18. The molecule has 0 saturated carbocycles. The van der Waals surface area contributed by atoms with Gasteiger partial charge in [-0.05, 0) is 19.3 Å². The molecular formula is C6H12N2O2S. The number of aliphatic carboxylic acids is 1. The first-order chi connectivity index (χ1) is 5.18. The lowest BCUT2D eigenvalue weighted by Gasteiger charge is -2.03. The molecule has 0 aliphatic rings. The highest BCUT2D eigenvalue weighted by Crippen LogP contribution is 1.98. The second-order valence-electron chi connectivity index (χ2n) is 2.29. The lowest BCUT2D eigenvalue weighted by atomic mass is 10.1. The summed E-state index contributed by atoms with van der Waals surface area (Å²) in [5, 5.41) is 8.37. The molecule has 0 heterocycles. The van der Waals surface area contributed by atoms with Crippen LogP contribution in [-0.4, -0.2) is 23.7 Å². The van der Waals surface area contributed by atoms with E-state index in [4.69, 9.17) is 10.8 Å². The summed E-state index contributed by atoms with van der Waals surface area (Å²) in [6.07, 6.45) is 2.10. The third-order valence-electron chi connectivity index (χ3n) is 1.33. The Labute approximate surface area is 71.0 Å². The van der Waals surface area contributed by atoms with Crippen LogP contribution in [0.15, 0.2) is 4.36 Å². The molecule has 3 N–H and O–H groups in total. The van der Waals surface area contributed by atoms with Gasteiger partial charge in [-0.15, -0.1) is 0 Å². The van der Waals surface area contributed by atoms with Gasteiger partial charge in [0, 0.05) is 12.4 Å². The van der Waals surface area contributed by atoms with Crippen molar-refractivity contribution in [3.8, 4) is 0 Å². The SMILES string of the molecule is NC(CCCCN=S)C(=O)O. The molecule has 0 aromatic rings. The molecule has 1 unspecified atom stereocenters. The van der Waals surface area contributed by atoms with E-state index >= 15 is 0 Å². The Bertz CT molecular complexity index is 141. The van der Waals surface area contributed by atoms with Crippen LogP contribution in [0.2, 0.25) is 0 Å². The molecule has 0 aliphatic heterocycles. The normalized spacial score (nSPS) is 12.5. The summed E-state index contributed by atoms with van der Waals surface area (Å²) < 4.78 is 3.47. The van der Waals surface area contributed by atoms with Crippen LogP contribution in [0.25, 0.3) is 0 Å². The van der Waals surface area contributed by atoms with Crippen molar-refractivity contribution >= 4 is 18.4 Å². The fourth-order valence-electron chi connectivity index (χ4n) is 0.664. The molecular weight excluding hydrogens is 164 g/mol. The first-order valence-electron chi connectivity index (χ1n) is 3.46. The van der Waals surface area contributed by atoms with Crippen molar-refractivity contribution in [1.29, 1.82) is 0 Å². The highest BCUT2D eigenvalue weighted by Gasteiger charge is 2.09. The minimum absolute atomic E-state index is 0.500. The lowest BCUT2D eigenvalue weighted by Crippen LogP contribution is -2.29. The second-order valence-corrected chi connectivity index (χ2v) is 2.55. The number of carbonyl (C=O) groups is 1. The Balaban J connectivity index is 3.24. The predicted molar refractivity (Wildman–Crippen MR) is 44.1 cm³/mol. The van der Waals surface area contributed by atoms with E-state index in [-0.39, 0.29) is 0 Å². The molecule has 0 aromatic heterocycles. The largest absolute Gasteiger partial charge is 0.480 e. The predicted octanol–water partition coefficient (Wildman–Crippen LogP) is 0.299. The summed E-state index contributed by atoms with van der Waals surface area (Å²) >= 11 is 4.36. The average Bonchev–Trinajstić information content (AvgIpc) is 1.97. The van der Waals surface area contributed by atoms with Crippen molar-refractivity contribution in [2.75, 3.05) is 6.54 Å². The Morgan fingerprint density at radius 2 is 2.27 bits per heavy atom. The highest BCUT2D eigenvalue weighted by atomic mass is 32.1. The van der Waals surface area contributed by atoms with Gasteiger partial charge >= 0.3 is 5.97 Å². The molecule has 0 aromatic carbocycles. The lowest BCUT2D eigenvalue weighted by molar-refractivity contribution is -0.138. The smallest absolute Gasteiger partial charge is 0.320 e. The highest BCUT2D eigenvalue weighted by molar-refractivity contribution is 7.47. The first-order valence-corrected chi connectivity index (χ1v) is 3.82. The zero-order chi connectivity index (χ0) is 8.69. The number of carboxylic acid groups (broad SMARTS) is 1. The van der Waals surface area contributed by atoms with Crippen molar-refractivity contribution in [3.05, 3.63) is 0 Å². The van der Waals surface area contributed by atoms with E-state index < -0.39 is 12.0 Å². The number of nitrogens with two attached hydrogens (primary N) is 1. The van der Waals surface area contributed by atoms with Gasteiger partial charge in [0.2, 0.25) is 0 Å². The first kappa shape index (κ1) is 10.4. The van der Waals surface area contributed by atoms with Crippen LogP contribution in [0.4, 0.5) is 0 Å². The fourth-order valence-corrected chi connectivity index (χ4v) is 0.793. The van der Waals surface area contributed by atoms with Gasteiger partial charge in [0.15, 0.2) is 0 Å². The summed E-state index contributed by atoms with van der Waals surface area (Å²) in [4.78, 5) is 10.2. The molecule has 0 fully saturated rings. The molecule has 4 nitrogen and oxygen atoms in total. The van der Waals surface area contributed by atoms with Crippen LogP contribution in [0, 0.1) is 0 Å². The third-order valence-corrected chi connectivity index (χ3v) is 1.51. The summed E-state index contributed by atoms with van der Waals surface area (Å²) in [7, 11) is 0. The number of hydrogen-bond donors (Lipinski definition) is 2. The number of nitrogens with zero attached hydrogens (tertiary/aromatic N) is 1. The van der Waals surface area contributed by atoms with Crippen molar-refractivity contribution < 1.29 is 9.90 Å². The van der Waals surface area contributed by atoms with Gasteiger partial charge in [-0.25, -0.2) is 4.36 Å². The van der Waals surface area contributed by atoms with Crippen molar-refractivity contribution in [2.45, 2.75) is 25.3 Å². The minimum atomic E-state index is -0.944. The summed E-state index contributed by atoms with van der Waals surface area (Å²) in [5.74, 6) is -0.944. The van der Waals surface area contributed by atoms with E-state index in [0.29, 0.717) is 13.0 Å². The van der Waals surface area contributed by atoms with Gasteiger partial charge < -0.3 is 10.8 Å². The zero-order valence-corrected chi connectivity index (χ0v) is 7.01. The molecule has 0 bridgehead atoms. The van der Waals surface area contributed by atoms with Gasteiger partial charge in [0.25, 0.3) is 0 Å². The van der Waals surface area contributed by atoms with Gasteiger partial charge in [0.05, 0.1) is 6.54 Å². The Hall–Kier alpha value is -0.550. The molecule has 64 valence electrons. The molecule has 0 spiro atoms. The van der Waals surface area contributed by atoms with Gasteiger partial charge in [-0.2, -0.15) is 0 Å². The number of carboxylic acids is 1. The van der Waals surface area contributed by atoms with E-state index in [0.717, 1.165) is 12.8 Å². The fraction of sp³-hybridized carbons (Fsp3) is 0.833. The Kier molecular flexibility index (Phi) is 5.87. The van der Waals surface area contributed by atoms with Crippen LogP contribution in [0.3, 0.4) is 0 Å². The zero-order valence-electron chi connectivity index (χ0n) is 6.19. The van der Waals surface area contributed by atoms with Crippen LogP contribution < -0.4 is 5.73 Å². The standard InChI is InChI=1S/C6H12N2O2S/c7-5(6(9)10)3-1-2-4-8-11/h5H,1-4,7H2,(H,9,10). The molecule has 0 rings (SSSR count). The quantitative estimate of drug-likeness (QED) is 0.571. The van der Waals surface area contributed by atoms with Gasteiger partial charge in [-0.1, -0.05) is 0 Å². The maximum absolute atomic E-state index is 10.2. The van der Waals surface area contributed by atoms with Crippen molar-refractivity contribution in [3.63, 3.8) is 0 Å². The third kappa shape index (κ3) is 5.87. The maximum atomic E-state index is 10.2. The monoisotopic (exact) mass is 176 g/mol. The molecule has 5 heteroatoms. The summed E-state index contributed by atoms with van der Waals surface area (Å²) in [6.45, 7) is 0.613. The summed E-state index contributed by atoms with van der Waals surface area (Å²) in [6, 6.07) is -0.736. The molecule has 0 radical (unpaired) electrons. The van der Waals surface area contributed by atoms with Gasteiger partial charge in [-0.3, -0.25) is 4.79 Å². The Morgan fingerprint density at radius 1 is 1.64 bits per heavy atom. The van der Waals surface area contributed by atoms with E-state index in [2.05, 4.69) is 16.8 Å². The van der Waals surface area contributed by atoms with Crippen LogP contribution >= 0.6 is 0 Å². The molecule has 0 saturated heterocycles.